The standard InChI is InChI=1S/C12H13F3N2O3/c13-12(14,15)11(18)10-2-1-7-16(10)8-3-5-9(6-4-8)17(19)20/h3-6,10-11,18H,1-2,7H2/t10?,11-/m0/s1. The van der Waals surface area contributed by atoms with Crippen molar-refractivity contribution in [1.82, 2.24) is 0 Å². The Bertz CT molecular complexity index is 490. The molecule has 0 aromatic heterocycles. The fourth-order valence-electron chi connectivity index (χ4n) is 2.43. The Balaban J connectivity index is 2.20. The van der Waals surface area contributed by atoms with Crippen LogP contribution in [0.5, 0.6) is 0 Å². The minimum absolute atomic E-state index is 0.124. The summed E-state index contributed by atoms with van der Waals surface area (Å²) in [7, 11) is 0. The molecule has 0 radical (unpaired) electrons. The molecule has 1 saturated heterocycles. The molecule has 1 aliphatic rings. The van der Waals surface area contributed by atoms with Gasteiger partial charge in [-0.2, -0.15) is 13.2 Å². The summed E-state index contributed by atoms with van der Waals surface area (Å²) >= 11 is 0. The van der Waals surface area contributed by atoms with Crippen LogP contribution in [0, 0.1) is 10.1 Å². The van der Waals surface area contributed by atoms with Crippen molar-refractivity contribution in [2.45, 2.75) is 31.2 Å². The molecule has 0 aliphatic carbocycles. The second-order valence-corrected chi connectivity index (χ2v) is 4.66. The van der Waals surface area contributed by atoms with Crippen LogP contribution in [0.15, 0.2) is 24.3 Å². The molecule has 110 valence electrons. The summed E-state index contributed by atoms with van der Waals surface area (Å²) < 4.78 is 37.8. The van der Waals surface area contributed by atoms with Gasteiger partial charge in [-0.1, -0.05) is 0 Å². The van der Waals surface area contributed by atoms with Crippen LogP contribution < -0.4 is 4.90 Å². The molecule has 2 atom stereocenters. The molecule has 0 saturated carbocycles. The SMILES string of the molecule is O=[N+]([O-])c1ccc(N2CCCC2[C@H](O)C(F)(F)F)cc1. The fraction of sp³-hybridized carbons (Fsp3) is 0.500. The van der Waals surface area contributed by atoms with Crippen molar-refractivity contribution in [1.29, 1.82) is 0 Å². The molecule has 5 nitrogen and oxygen atoms in total. The zero-order valence-corrected chi connectivity index (χ0v) is 10.4. The lowest BCUT2D eigenvalue weighted by Crippen LogP contribution is -2.47. The van der Waals surface area contributed by atoms with Gasteiger partial charge in [-0.05, 0) is 25.0 Å². The van der Waals surface area contributed by atoms with Gasteiger partial charge in [0.1, 0.15) is 0 Å². The van der Waals surface area contributed by atoms with E-state index in [2.05, 4.69) is 0 Å². The lowest BCUT2D eigenvalue weighted by Gasteiger charge is -2.31. The van der Waals surface area contributed by atoms with Crippen LogP contribution in [-0.4, -0.2) is 34.9 Å². The van der Waals surface area contributed by atoms with Crippen LogP contribution in [0.1, 0.15) is 12.8 Å². The third-order valence-corrected chi connectivity index (χ3v) is 3.39. The van der Waals surface area contributed by atoms with E-state index in [1.165, 1.54) is 29.2 Å². The van der Waals surface area contributed by atoms with E-state index in [0.29, 0.717) is 18.7 Å². The normalized spacial score (nSPS) is 21.0. The molecule has 1 unspecified atom stereocenters. The minimum atomic E-state index is -4.67. The maximum atomic E-state index is 12.6. The van der Waals surface area contributed by atoms with E-state index in [1.54, 1.807) is 0 Å². The molecule has 1 aromatic rings. The first-order valence-corrected chi connectivity index (χ1v) is 6.06. The van der Waals surface area contributed by atoms with Crippen molar-refractivity contribution in [3.63, 3.8) is 0 Å². The second-order valence-electron chi connectivity index (χ2n) is 4.66. The molecule has 1 N–H and O–H groups in total. The first-order valence-electron chi connectivity index (χ1n) is 6.06. The van der Waals surface area contributed by atoms with Gasteiger partial charge in [0.2, 0.25) is 0 Å². The Morgan fingerprint density at radius 3 is 2.45 bits per heavy atom. The summed E-state index contributed by atoms with van der Waals surface area (Å²) in [5, 5.41) is 19.9. The van der Waals surface area contributed by atoms with E-state index in [-0.39, 0.29) is 12.1 Å². The Morgan fingerprint density at radius 2 is 1.95 bits per heavy atom. The smallest absolute Gasteiger partial charge is 0.382 e. The minimum Gasteiger partial charge on any atom is -0.382 e. The van der Waals surface area contributed by atoms with E-state index in [0.717, 1.165) is 0 Å². The van der Waals surface area contributed by atoms with Crippen LogP contribution in [0.2, 0.25) is 0 Å². The molecule has 2 rings (SSSR count). The Labute approximate surface area is 112 Å². The number of aliphatic hydroxyl groups is 1. The van der Waals surface area contributed by atoms with Gasteiger partial charge in [0.25, 0.3) is 5.69 Å². The molecule has 8 heteroatoms. The van der Waals surface area contributed by atoms with Crippen molar-refractivity contribution in [3.8, 4) is 0 Å². The zero-order valence-electron chi connectivity index (χ0n) is 10.4. The van der Waals surface area contributed by atoms with Gasteiger partial charge in [0, 0.05) is 24.4 Å². The second kappa shape index (κ2) is 5.28. The van der Waals surface area contributed by atoms with Crippen LogP contribution in [0.25, 0.3) is 0 Å². The number of nitro groups is 1. The molecule has 20 heavy (non-hydrogen) atoms. The summed E-state index contributed by atoms with van der Waals surface area (Å²) in [6.45, 7) is 0.385. The highest BCUT2D eigenvalue weighted by atomic mass is 19.4. The van der Waals surface area contributed by atoms with Crippen molar-refractivity contribution < 1.29 is 23.2 Å². The zero-order chi connectivity index (χ0) is 14.9. The molecule has 1 aliphatic heterocycles. The summed E-state index contributed by atoms with van der Waals surface area (Å²) in [6.07, 6.45) is -6.32. The number of nitro benzene ring substituents is 1. The van der Waals surface area contributed by atoms with Gasteiger partial charge in [-0.3, -0.25) is 10.1 Å². The topological polar surface area (TPSA) is 66.6 Å². The summed E-state index contributed by atoms with van der Waals surface area (Å²) in [5.41, 5.74) is 0.322. The highest BCUT2D eigenvalue weighted by molar-refractivity contribution is 5.52. The maximum Gasteiger partial charge on any atom is 0.416 e. The van der Waals surface area contributed by atoms with E-state index < -0.39 is 23.2 Å². The first kappa shape index (κ1) is 14.6. The molecular formula is C12H13F3N2O3. The van der Waals surface area contributed by atoms with Crippen molar-refractivity contribution >= 4 is 11.4 Å². The van der Waals surface area contributed by atoms with Gasteiger partial charge < -0.3 is 10.0 Å². The number of halogens is 3. The number of nitrogens with zero attached hydrogens (tertiary/aromatic N) is 2. The number of rotatable bonds is 3. The van der Waals surface area contributed by atoms with Crippen LogP contribution in [0.4, 0.5) is 24.5 Å². The Kier molecular flexibility index (Phi) is 3.85. The molecule has 0 bridgehead atoms. The fourth-order valence-corrected chi connectivity index (χ4v) is 2.43. The highest BCUT2D eigenvalue weighted by Crippen LogP contribution is 2.34. The average molecular weight is 290 g/mol. The predicted octanol–water partition coefficient (Wildman–Crippen LogP) is 2.49. The Morgan fingerprint density at radius 1 is 1.35 bits per heavy atom. The third-order valence-electron chi connectivity index (χ3n) is 3.39. The van der Waals surface area contributed by atoms with Gasteiger partial charge in [0.15, 0.2) is 6.10 Å². The van der Waals surface area contributed by atoms with E-state index in [9.17, 15) is 28.4 Å². The number of alkyl halides is 3. The number of aliphatic hydroxyl groups excluding tert-OH is 1. The lowest BCUT2D eigenvalue weighted by atomic mass is 10.1. The quantitative estimate of drug-likeness (QED) is 0.686. The van der Waals surface area contributed by atoms with Gasteiger partial charge >= 0.3 is 6.18 Å². The molecule has 0 amide bonds. The third kappa shape index (κ3) is 2.84. The predicted molar refractivity (Wildman–Crippen MR) is 65.5 cm³/mol. The van der Waals surface area contributed by atoms with Crippen LogP contribution >= 0.6 is 0 Å². The Hall–Kier alpha value is -1.83. The number of anilines is 1. The maximum absolute atomic E-state index is 12.6. The highest BCUT2D eigenvalue weighted by Gasteiger charge is 2.47. The monoisotopic (exact) mass is 290 g/mol. The number of non-ortho nitro benzene ring substituents is 1. The number of hydrogen-bond acceptors (Lipinski definition) is 4. The van der Waals surface area contributed by atoms with Gasteiger partial charge in [-0.15, -0.1) is 0 Å². The van der Waals surface area contributed by atoms with Crippen molar-refractivity contribution in [3.05, 3.63) is 34.4 Å². The van der Waals surface area contributed by atoms with E-state index in [1.807, 2.05) is 0 Å². The molecule has 0 spiro atoms. The van der Waals surface area contributed by atoms with Gasteiger partial charge in [0.05, 0.1) is 11.0 Å². The van der Waals surface area contributed by atoms with Crippen LogP contribution in [0.3, 0.4) is 0 Å². The number of benzene rings is 1. The molecule has 1 heterocycles. The summed E-state index contributed by atoms with van der Waals surface area (Å²) in [4.78, 5) is 11.4. The first-order chi connectivity index (χ1) is 9.30. The van der Waals surface area contributed by atoms with Crippen molar-refractivity contribution in [2.24, 2.45) is 0 Å². The lowest BCUT2D eigenvalue weighted by molar-refractivity contribution is -0.384. The van der Waals surface area contributed by atoms with E-state index in [4.69, 9.17) is 0 Å². The van der Waals surface area contributed by atoms with E-state index >= 15 is 0 Å². The largest absolute Gasteiger partial charge is 0.416 e. The molecule has 1 fully saturated rings. The average Bonchev–Trinajstić information content (AvgIpc) is 2.85. The summed E-state index contributed by atoms with van der Waals surface area (Å²) in [5.74, 6) is 0. The molecular weight excluding hydrogens is 277 g/mol. The van der Waals surface area contributed by atoms with Crippen LogP contribution in [-0.2, 0) is 0 Å². The number of hydrogen-bond donors (Lipinski definition) is 1. The molecule has 1 aromatic carbocycles. The summed E-state index contributed by atoms with van der Waals surface area (Å²) in [6, 6.07) is 4.24. The van der Waals surface area contributed by atoms with Gasteiger partial charge in [-0.25, -0.2) is 0 Å². The van der Waals surface area contributed by atoms with Crippen molar-refractivity contribution in [2.75, 3.05) is 11.4 Å².